The summed E-state index contributed by atoms with van der Waals surface area (Å²) in [5.74, 6) is -0.370. The fourth-order valence-electron chi connectivity index (χ4n) is 2.57. The molecule has 0 spiro atoms. The first-order valence-electron chi connectivity index (χ1n) is 7.01. The summed E-state index contributed by atoms with van der Waals surface area (Å²) in [5, 5.41) is 19.7. The molecule has 0 saturated heterocycles. The Morgan fingerprint density at radius 3 is 2.42 bits per heavy atom. The second kappa shape index (κ2) is 7.35. The number of aromatic nitrogens is 5. The van der Waals surface area contributed by atoms with E-state index in [0.717, 1.165) is 10.6 Å². The third kappa shape index (κ3) is 3.28. The zero-order chi connectivity index (χ0) is 17.6. The van der Waals surface area contributed by atoms with Crippen LogP contribution in [0.15, 0.2) is 32.8 Å². The van der Waals surface area contributed by atoms with Gasteiger partial charge in [0.2, 0.25) is 0 Å². The summed E-state index contributed by atoms with van der Waals surface area (Å²) in [6.07, 6.45) is 0.180. The van der Waals surface area contributed by atoms with Gasteiger partial charge in [0, 0.05) is 26.2 Å². The highest BCUT2D eigenvalue weighted by atomic mass is 16.3. The molecule has 26 heavy (non-hydrogen) atoms. The number of hydrogen-bond acceptors (Lipinski definition) is 6. The molecule has 0 aliphatic heterocycles. The number of imidazole rings is 1. The summed E-state index contributed by atoms with van der Waals surface area (Å²) in [6, 6.07) is 2.37. The minimum absolute atomic E-state index is 0. The van der Waals surface area contributed by atoms with Crippen LogP contribution in [0.4, 0.5) is 0 Å². The van der Waals surface area contributed by atoms with Crippen molar-refractivity contribution in [3.05, 3.63) is 55.2 Å². The fraction of sp³-hybridized carbons (Fsp3) is 0.286. The third-order valence-electron chi connectivity index (χ3n) is 3.82. The Morgan fingerprint density at radius 2 is 1.81 bits per heavy atom. The van der Waals surface area contributed by atoms with Gasteiger partial charge in [0.15, 0.2) is 17.0 Å². The predicted octanol–water partition coefficient (Wildman–Crippen LogP) is -3.09. The molecule has 12 nitrogen and oxygen atoms in total. The molecular formula is C14H19N5O7. The number of aliphatic hydroxyl groups excluding tert-OH is 1. The van der Waals surface area contributed by atoms with Crippen molar-refractivity contribution in [1.82, 2.24) is 23.7 Å². The average Bonchev–Trinajstić information content (AvgIpc) is 2.93. The van der Waals surface area contributed by atoms with Gasteiger partial charge in [-0.3, -0.25) is 23.7 Å². The van der Waals surface area contributed by atoms with E-state index in [-0.39, 0.29) is 40.1 Å². The van der Waals surface area contributed by atoms with Gasteiger partial charge in [0.1, 0.15) is 0 Å². The maximum absolute atomic E-state index is 12.3. The topological polar surface area (TPSA) is 198 Å². The highest BCUT2D eigenvalue weighted by Gasteiger charge is 2.17. The van der Waals surface area contributed by atoms with E-state index in [1.165, 1.54) is 35.6 Å². The lowest BCUT2D eigenvalue weighted by Gasteiger charge is -2.12. The quantitative estimate of drug-likeness (QED) is 0.437. The maximum Gasteiger partial charge on any atom is 0.332 e. The maximum atomic E-state index is 12.3. The number of aromatic hydroxyl groups is 1. The van der Waals surface area contributed by atoms with E-state index in [1.54, 1.807) is 0 Å². The van der Waals surface area contributed by atoms with E-state index in [4.69, 9.17) is 0 Å². The molecule has 3 aromatic rings. The molecule has 7 N–H and O–H groups in total. The van der Waals surface area contributed by atoms with Crippen molar-refractivity contribution in [2.24, 2.45) is 14.1 Å². The van der Waals surface area contributed by atoms with Crippen LogP contribution in [-0.4, -0.2) is 44.8 Å². The number of pyridine rings is 1. The number of rotatable bonds is 3. The van der Waals surface area contributed by atoms with Gasteiger partial charge < -0.3 is 25.7 Å². The van der Waals surface area contributed by atoms with Crippen LogP contribution in [0.25, 0.3) is 11.2 Å². The fourth-order valence-corrected chi connectivity index (χ4v) is 2.57. The summed E-state index contributed by atoms with van der Waals surface area (Å²) in [7, 11) is 2.85. The SMILES string of the molecule is Cn1c(=O)c2c(ncn2CC(O)c2cc(O)[nH]c(=O)c2)n(C)c1=O.O.O. The molecule has 3 heterocycles. The highest BCUT2D eigenvalue weighted by Crippen LogP contribution is 2.18. The van der Waals surface area contributed by atoms with Gasteiger partial charge in [-0.25, -0.2) is 9.78 Å². The standard InChI is InChI=1S/C14H15N5O5.2H2O/c1-17-12-11(13(23)18(2)14(17)24)19(6-15-12)5-8(20)7-3-9(21)16-10(22)4-7;;/h3-4,6,8,20H,5H2,1-2H3,(H2,16,21,22);2*1H2. The monoisotopic (exact) mass is 369 g/mol. The van der Waals surface area contributed by atoms with E-state index >= 15 is 0 Å². The highest BCUT2D eigenvalue weighted by molar-refractivity contribution is 5.69. The van der Waals surface area contributed by atoms with Crippen molar-refractivity contribution in [2.75, 3.05) is 0 Å². The summed E-state index contributed by atoms with van der Waals surface area (Å²) in [6.45, 7) is -0.0766. The zero-order valence-electron chi connectivity index (χ0n) is 13.9. The Balaban J connectivity index is 0.00000169. The molecule has 0 aliphatic rings. The molecule has 1 atom stereocenters. The van der Waals surface area contributed by atoms with E-state index in [1.807, 2.05) is 0 Å². The van der Waals surface area contributed by atoms with Crippen molar-refractivity contribution >= 4 is 11.2 Å². The van der Waals surface area contributed by atoms with Crippen molar-refractivity contribution in [3.8, 4) is 5.88 Å². The van der Waals surface area contributed by atoms with Gasteiger partial charge in [-0.1, -0.05) is 0 Å². The molecule has 0 radical (unpaired) electrons. The number of fused-ring (bicyclic) bond motifs is 1. The Bertz CT molecular complexity index is 1110. The number of H-pyrrole nitrogens is 1. The van der Waals surface area contributed by atoms with Crippen molar-refractivity contribution in [2.45, 2.75) is 12.6 Å². The molecule has 0 bridgehead atoms. The van der Waals surface area contributed by atoms with E-state index in [0.29, 0.717) is 0 Å². The van der Waals surface area contributed by atoms with Crippen LogP contribution in [0.1, 0.15) is 11.7 Å². The molecular weight excluding hydrogens is 350 g/mol. The number of nitrogens with zero attached hydrogens (tertiary/aromatic N) is 4. The number of aliphatic hydroxyl groups is 1. The van der Waals surface area contributed by atoms with Crippen LogP contribution in [0, 0.1) is 0 Å². The van der Waals surface area contributed by atoms with Crippen molar-refractivity contribution in [3.63, 3.8) is 0 Å². The minimum Gasteiger partial charge on any atom is -0.495 e. The first-order valence-corrected chi connectivity index (χ1v) is 7.01. The van der Waals surface area contributed by atoms with Crippen LogP contribution in [0.3, 0.4) is 0 Å². The van der Waals surface area contributed by atoms with Gasteiger partial charge in [-0.2, -0.15) is 0 Å². The van der Waals surface area contributed by atoms with E-state index in [2.05, 4.69) is 9.97 Å². The second-order valence-electron chi connectivity index (χ2n) is 5.45. The second-order valence-corrected chi connectivity index (χ2v) is 5.45. The number of aryl methyl sites for hydroxylation is 1. The first kappa shape index (κ1) is 20.8. The summed E-state index contributed by atoms with van der Waals surface area (Å²) < 4.78 is 3.59. The van der Waals surface area contributed by atoms with Crippen molar-refractivity contribution in [1.29, 1.82) is 0 Å². The zero-order valence-corrected chi connectivity index (χ0v) is 13.9. The van der Waals surface area contributed by atoms with Crippen LogP contribution >= 0.6 is 0 Å². The molecule has 12 heteroatoms. The van der Waals surface area contributed by atoms with Gasteiger partial charge in [-0.15, -0.1) is 0 Å². The number of nitrogens with one attached hydrogen (secondary N) is 1. The van der Waals surface area contributed by atoms with Crippen LogP contribution in [0.2, 0.25) is 0 Å². The lowest BCUT2D eigenvalue weighted by molar-refractivity contribution is 0.157. The Kier molecular flexibility index (Phi) is 5.88. The van der Waals surface area contributed by atoms with Crippen LogP contribution in [-0.2, 0) is 20.6 Å². The molecule has 0 aromatic carbocycles. The smallest absolute Gasteiger partial charge is 0.332 e. The van der Waals surface area contributed by atoms with E-state index in [9.17, 15) is 24.6 Å². The molecule has 3 rings (SSSR count). The largest absolute Gasteiger partial charge is 0.495 e. The Hall–Kier alpha value is -3.22. The predicted molar refractivity (Wildman–Crippen MR) is 91.1 cm³/mol. The summed E-state index contributed by atoms with van der Waals surface area (Å²) in [4.78, 5) is 41.8. The molecule has 142 valence electrons. The minimum atomic E-state index is -1.16. The normalized spacial score (nSPS) is 11.7. The van der Waals surface area contributed by atoms with Crippen molar-refractivity contribution < 1.29 is 21.2 Å². The van der Waals surface area contributed by atoms with E-state index < -0.39 is 22.9 Å². The summed E-state index contributed by atoms with van der Waals surface area (Å²) >= 11 is 0. The molecule has 0 saturated carbocycles. The first-order chi connectivity index (χ1) is 11.3. The third-order valence-corrected chi connectivity index (χ3v) is 3.82. The van der Waals surface area contributed by atoms with Gasteiger partial charge >= 0.3 is 5.69 Å². The van der Waals surface area contributed by atoms with Gasteiger partial charge in [-0.05, 0) is 5.56 Å². The molecule has 3 aromatic heterocycles. The summed E-state index contributed by atoms with van der Waals surface area (Å²) in [5.41, 5.74) is -1.04. The lowest BCUT2D eigenvalue weighted by Crippen LogP contribution is -2.37. The number of hydrogen-bond donors (Lipinski definition) is 3. The lowest BCUT2D eigenvalue weighted by atomic mass is 10.1. The molecule has 0 aliphatic carbocycles. The average molecular weight is 369 g/mol. The van der Waals surface area contributed by atoms with Crippen LogP contribution < -0.4 is 16.8 Å². The number of aromatic amines is 1. The molecule has 0 fully saturated rings. The Labute approximate surface area is 144 Å². The Morgan fingerprint density at radius 1 is 1.15 bits per heavy atom. The van der Waals surface area contributed by atoms with Gasteiger partial charge in [0.25, 0.3) is 11.1 Å². The molecule has 1 unspecified atom stereocenters. The van der Waals surface area contributed by atoms with Crippen LogP contribution in [0.5, 0.6) is 5.88 Å². The van der Waals surface area contributed by atoms with Gasteiger partial charge in [0.05, 0.1) is 19.0 Å². The molecule has 0 amide bonds.